The second-order valence-electron chi connectivity index (χ2n) is 11.3. The fourth-order valence-electron chi connectivity index (χ4n) is 5.51. The summed E-state index contributed by atoms with van der Waals surface area (Å²) in [5, 5.41) is 7.00. The highest BCUT2D eigenvalue weighted by Crippen LogP contribution is 2.25. The first-order valence-corrected chi connectivity index (χ1v) is 16.8. The minimum atomic E-state index is -4.33. The van der Waals surface area contributed by atoms with Gasteiger partial charge < -0.3 is 10.1 Å². The molecule has 12 nitrogen and oxygen atoms in total. The van der Waals surface area contributed by atoms with E-state index in [0.29, 0.717) is 22.7 Å². The first-order valence-electron chi connectivity index (χ1n) is 15.4. The lowest BCUT2D eigenvalue weighted by Crippen LogP contribution is -2.42. The van der Waals surface area contributed by atoms with Crippen LogP contribution in [0.4, 0.5) is 5.69 Å². The lowest BCUT2D eigenvalue weighted by Gasteiger charge is -2.22. The molecular weight excluding hydrogens is 620 g/mol. The van der Waals surface area contributed by atoms with Gasteiger partial charge in [0.1, 0.15) is 18.0 Å². The summed E-state index contributed by atoms with van der Waals surface area (Å²) < 4.78 is 37.1. The summed E-state index contributed by atoms with van der Waals surface area (Å²) >= 11 is 0. The van der Waals surface area contributed by atoms with E-state index in [2.05, 4.69) is 15.8 Å². The summed E-state index contributed by atoms with van der Waals surface area (Å²) in [7, 11) is -2.68. The fraction of sp³-hybridized carbons (Fsp3) is 0.294. The van der Waals surface area contributed by atoms with Crippen LogP contribution in [-0.2, 0) is 26.7 Å². The maximum Gasteiger partial charge on any atom is 0.296 e. The second-order valence-corrected chi connectivity index (χ2v) is 13.2. The van der Waals surface area contributed by atoms with Crippen molar-refractivity contribution in [3.8, 4) is 11.4 Å². The van der Waals surface area contributed by atoms with Crippen molar-refractivity contribution >= 4 is 33.7 Å². The Bertz CT molecular complexity index is 1880. The molecule has 246 valence electrons. The molecule has 0 radical (unpaired) electrons. The van der Waals surface area contributed by atoms with Crippen LogP contribution in [0, 0.1) is 6.92 Å². The Morgan fingerprint density at radius 1 is 0.936 bits per heavy atom. The highest BCUT2D eigenvalue weighted by atomic mass is 32.2. The summed E-state index contributed by atoms with van der Waals surface area (Å²) in [5.41, 5.74) is 3.14. The van der Waals surface area contributed by atoms with Crippen molar-refractivity contribution in [2.75, 3.05) is 17.5 Å². The minimum Gasteiger partial charge on any atom is -0.484 e. The van der Waals surface area contributed by atoms with Gasteiger partial charge in [0.25, 0.3) is 27.4 Å². The highest BCUT2D eigenvalue weighted by molar-refractivity contribution is 7.92. The first-order chi connectivity index (χ1) is 22.6. The van der Waals surface area contributed by atoms with E-state index in [0.717, 1.165) is 30.0 Å². The van der Waals surface area contributed by atoms with Crippen molar-refractivity contribution < 1.29 is 22.7 Å². The highest BCUT2D eigenvalue weighted by Gasteiger charge is 2.33. The molecule has 1 aliphatic carbocycles. The van der Waals surface area contributed by atoms with Gasteiger partial charge in [0.15, 0.2) is 6.61 Å². The third-order valence-corrected chi connectivity index (χ3v) is 9.77. The number of hydrogen-bond donors (Lipinski definition) is 2. The van der Waals surface area contributed by atoms with Gasteiger partial charge >= 0.3 is 0 Å². The van der Waals surface area contributed by atoms with E-state index in [1.807, 2.05) is 6.07 Å². The molecule has 0 saturated heterocycles. The van der Waals surface area contributed by atoms with Crippen molar-refractivity contribution in [3.63, 3.8) is 0 Å². The van der Waals surface area contributed by atoms with Gasteiger partial charge in [-0.1, -0.05) is 55.7 Å². The quantitative estimate of drug-likeness (QED) is 0.176. The zero-order chi connectivity index (χ0) is 33.4. The molecule has 47 heavy (non-hydrogen) atoms. The molecular formula is C34H38N6O6S. The standard InChI is InChI=1S/C34H38N6O6S/c1-25-33(34(43)40(38(25)2)28-14-8-4-9-15-28)39(47(44,45)30-16-10-5-11-17-30)23-31(41)37-35-22-26-18-20-29(21-19-26)46-24-32(42)36-27-12-6-3-7-13-27/h4-5,8-11,14-22,27H,3,6-7,12-13,23-24H2,1-2H3,(H,36,42)(H,37,41)/b35-22-. The number of carbonyl (C=O) groups excluding carboxylic acids is 2. The summed E-state index contributed by atoms with van der Waals surface area (Å²) in [6, 6.07) is 23.4. The van der Waals surface area contributed by atoms with Gasteiger partial charge in [0.2, 0.25) is 0 Å². The number of aromatic nitrogens is 2. The number of hydrogen-bond acceptors (Lipinski definition) is 7. The third kappa shape index (κ3) is 7.98. The number of anilines is 1. The minimum absolute atomic E-state index is 0.0704. The van der Waals surface area contributed by atoms with Crippen LogP contribution in [0.15, 0.2) is 99.7 Å². The number of amides is 2. The van der Waals surface area contributed by atoms with Crippen LogP contribution >= 0.6 is 0 Å². The fourth-order valence-corrected chi connectivity index (χ4v) is 7.00. The molecule has 1 heterocycles. The molecule has 1 fully saturated rings. The van der Waals surface area contributed by atoms with Crippen LogP contribution in [0.5, 0.6) is 5.75 Å². The van der Waals surface area contributed by atoms with Crippen LogP contribution in [0.3, 0.4) is 0 Å². The topological polar surface area (TPSA) is 144 Å². The molecule has 0 bridgehead atoms. The number of ether oxygens (including phenoxy) is 1. The van der Waals surface area contributed by atoms with E-state index in [9.17, 15) is 22.8 Å². The van der Waals surface area contributed by atoms with Crippen LogP contribution in [-0.4, -0.2) is 55.0 Å². The summed E-state index contributed by atoms with van der Waals surface area (Å²) in [6.45, 7) is 0.842. The van der Waals surface area contributed by atoms with E-state index >= 15 is 0 Å². The van der Waals surface area contributed by atoms with Crippen molar-refractivity contribution in [2.45, 2.75) is 50.0 Å². The maximum atomic E-state index is 13.9. The van der Waals surface area contributed by atoms with Gasteiger partial charge in [-0.25, -0.2) is 22.8 Å². The molecule has 2 amide bonds. The SMILES string of the molecule is Cc1c(N(CC(=O)N/N=C\c2ccc(OCC(=O)NC3CCCCC3)cc2)S(=O)(=O)c2ccccc2)c(=O)n(-c2ccccc2)n1C. The van der Waals surface area contributed by atoms with Gasteiger partial charge in [-0.2, -0.15) is 5.10 Å². The molecule has 0 aliphatic heterocycles. The largest absolute Gasteiger partial charge is 0.484 e. The number of nitrogens with one attached hydrogen (secondary N) is 2. The molecule has 4 aromatic rings. The number of hydrazone groups is 1. The molecule has 3 aromatic carbocycles. The van der Waals surface area contributed by atoms with E-state index in [4.69, 9.17) is 4.74 Å². The Labute approximate surface area is 273 Å². The number of para-hydroxylation sites is 1. The second kappa shape index (κ2) is 14.9. The molecule has 0 spiro atoms. The summed E-state index contributed by atoms with van der Waals surface area (Å²) in [4.78, 5) is 39.0. The van der Waals surface area contributed by atoms with Crippen molar-refractivity contribution in [1.82, 2.24) is 20.1 Å². The van der Waals surface area contributed by atoms with Gasteiger partial charge in [0.05, 0.1) is 22.5 Å². The summed E-state index contributed by atoms with van der Waals surface area (Å²) in [5.74, 6) is -0.400. The Balaban J connectivity index is 1.28. The molecule has 13 heteroatoms. The smallest absolute Gasteiger partial charge is 0.296 e. The predicted octanol–water partition coefficient (Wildman–Crippen LogP) is 3.66. The first kappa shape index (κ1) is 33.2. The van der Waals surface area contributed by atoms with Gasteiger partial charge in [-0.3, -0.25) is 19.1 Å². The van der Waals surface area contributed by atoms with Gasteiger partial charge in [0, 0.05) is 13.1 Å². The van der Waals surface area contributed by atoms with E-state index in [-0.39, 0.29) is 29.1 Å². The lowest BCUT2D eigenvalue weighted by atomic mass is 9.95. The molecule has 0 atom stereocenters. The number of nitrogens with zero attached hydrogens (tertiary/aromatic N) is 4. The van der Waals surface area contributed by atoms with Crippen molar-refractivity contribution in [1.29, 1.82) is 0 Å². The van der Waals surface area contributed by atoms with Crippen LogP contribution in [0.1, 0.15) is 43.4 Å². The number of sulfonamides is 1. The van der Waals surface area contributed by atoms with Crippen LogP contribution in [0.2, 0.25) is 0 Å². The normalized spacial score (nSPS) is 13.7. The van der Waals surface area contributed by atoms with Crippen molar-refractivity contribution in [3.05, 3.63) is 107 Å². The monoisotopic (exact) mass is 658 g/mol. The van der Waals surface area contributed by atoms with E-state index in [1.165, 1.54) is 29.4 Å². The Morgan fingerprint density at radius 2 is 1.57 bits per heavy atom. The van der Waals surface area contributed by atoms with E-state index < -0.39 is 28.0 Å². The Morgan fingerprint density at radius 3 is 2.23 bits per heavy atom. The molecule has 1 aromatic heterocycles. The third-order valence-electron chi connectivity index (χ3n) is 8.01. The average Bonchev–Trinajstić information content (AvgIpc) is 3.30. The van der Waals surface area contributed by atoms with Gasteiger partial charge in [-0.15, -0.1) is 0 Å². The average molecular weight is 659 g/mol. The lowest BCUT2D eigenvalue weighted by molar-refractivity contribution is -0.124. The zero-order valence-electron chi connectivity index (χ0n) is 26.3. The number of carbonyl (C=O) groups is 2. The molecule has 1 saturated carbocycles. The van der Waals surface area contributed by atoms with E-state index in [1.54, 1.807) is 85.4 Å². The maximum absolute atomic E-state index is 13.9. The summed E-state index contributed by atoms with van der Waals surface area (Å²) in [6.07, 6.45) is 6.85. The molecule has 1 aliphatic rings. The van der Waals surface area contributed by atoms with Crippen molar-refractivity contribution in [2.24, 2.45) is 12.1 Å². The number of benzene rings is 3. The zero-order valence-corrected chi connectivity index (χ0v) is 27.2. The van der Waals surface area contributed by atoms with Crippen LogP contribution < -0.4 is 25.3 Å². The van der Waals surface area contributed by atoms with Gasteiger partial charge in [-0.05, 0) is 73.9 Å². The van der Waals surface area contributed by atoms with Crippen LogP contribution in [0.25, 0.3) is 5.69 Å². The molecule has 0 unspecified atom stereocenters. The number of rotatable bonds is 12. The predicted molar refractivity (Wildman–Crippen MR) is 179 cm³/mol. The molecule has 2 N–H and O–H groups in total. The Hall–Kier alpha value is -5.17. The molecule has 5 rings (SSSR count). The Kier molecular flexibility index (Phi) is 10.6.